The van der Waals surface area contributed by atoms with Crippen LogP contribution in [0, 0.1) is 0 Å². The maximum Gasteiger partial charge on any atom is 0.320 e. The molecule has 0 aliphatic heterocycles. The van der Waals surface area contributed by atoms with Crippen molar-refractivity contribution in [3.63, 3.8) is 0 Å². The number of oxazole rings is 1. The number of aliphatic carboxylic acids is 1. The van der Waals surface area contributed by atoms with Gasteiger partial charge in [-0.05, 0) is 24.1 Å². The molecule has 3 N–H and O–H groups in total. The summed E-state index contributed by atoms with van der Waals surface area (Å²) in [5.74, 6) is -1.00. The number of hydrogen-bond acceptors (Lipinski definition) is 4. The zero-order chi connectivity index (χ0) is 10.8. The topological polar surface area (TPSA) is 89.4 Å². The van der Waals surface area contributed by atoms with Gasteiger partial charge in [0, 0.05) is 0 Å². The zero-order valence-electron chi connectivity index (χ0n) is 8.29. The van der Waals surface area contributed by atoms with Gasteiger partial charge in [0.05, 0.1) is 0 Å². The van der Waals surface area contributed by atoms with E-state index in [1.165, 1.54) is 6.39 Å². The molecular formula is C10H11ClN2O3. The summed E-state index contributed by atoms with van der Waals surface area (Å²) in [6, 6.07) is 4.44. The van der Waals surface area contributed by atoms with Crippen molar-refractivity contribution in [3.8, 4) is 0 Å². The van der Waals surface area contributed by atoms with E-state index in [0.717, 1.165) is 5.56 Å². The number of halogens is 1. The van der Waals surface area contributed by atoms with Crippen LogP contribution in [0.15, 0.2) is 29.0 Å². The molecular weight excluding hydrogens is 232 g/mol. The number of fused-ring (bicyclic) bond motifs is 1. The van der Waals surface area contributed by atoms with E-state index in [2.05, 4.69) is 4.98 Å². The summed E-state index contributed by atoms with van der Waals surface area (Å²) in [7, 11) is 0. The fourth-order valence-corrected chi connectivity index (χ4v) is 1.37. The first-order valence-corrected chi connectivity index (χ1v) is 4.47. The smallest absolute Gasteiger partial charge is 0.320 e. The standard InChI is InChI=1S/C10H10N2O3.ClH/c11-7(10(13)14)3-6-1-2-9-8(4-6)12-5-15-9;/h1-2,4-5,7H,3,11H2,(H,13,14);1H/t7-;/m1./s1. The number of nitrogens with two attached hydrogens (primary N) is 1. The Hall–Kier alpha value is -1.59. The Labute approximate surface area is 97.7 Å². The molecule has 0 saturated carbocycles. The molecule has 0 unspecified atom stereocenters. The summed E-state index contributed by atoms with van der Waals surface area (Å²) >= 11 is 0. The van der Waals surface area contributed by atoms with Gasteiger partial charge in [0.15, 0.2) is 12.0 Å². The minimum Gasteiger partial charge on any atom is -0.480 e. The number of hydrogen-bond donors (Lipinski definition) is 2. The molecule has 1 aromatic carbocycles. The van der Waals surface area contributed by atoms with Gasteiger partial charge in [0.2, 0.25) is 0 Å². The van der Waals surface area contributed by atoms with Crippen LogP contribution in [0.2, 0.25) is 0 Å². The predicted octanol–water partition coefficient (Wildman–Crippen LogP) is 1.20. The largest absolute Gasteiger partial charge is 0.480 e. The van der Waals surface area contributed by atoms with Gasteiger partial charge in [-0.1, -0.05) is 6.07 Å². The monoisotopic (exact) mass is 242 g/mol. The Bertz CT molecular complexity index is 498. The molecule has 0 saturated heterocycles. The lowest BCUT2D eigenvalue weighted by molar-refractivity contribution is -0.138. The van der Waals surface area contributed by atoms with Crippen LogP contribution in [-0.2, 0) is 11.2 Å². The van der Waals surface area contributed by atoms with Crippen molar-refractivity contribution in [2.24, 2.45) is 5.73 Å². The number of carboxylic acids is 1. The molecule has 0 fully saturated rings. The Kier molecular flexibility index (Phi) is 3.87. The maximum atomic E-state index is 10.6. The van der Waals surface area contributed by atoms with Crippen LogP contribution < -0.4 is 5.73 Å². The van der Waals surface area contributed by atoms with E-state index in [-0.39, 0.29) is 18.8 Å². The molecule has 5 nitrogen and oxygen atoms in total. The van der Waals surface area contributed by atoms with Crippen LogP contribution in [0.4, 0.5) is 0 Å². The van der Waals surface area contributed by atoms with Crippen molar-refractivity contribution in [2.45, 2.75) is 12.5 Å². The average molecular weight is 243 g/mol. The molecule has 2 aromatic rings. The molecule has 0 aliphatic rings. The van der Waals surface area contributed by atoms with Gasteiger partial charge in [0.1, 0.15) is 11.6 Å². The van der Waals surface area contributed by atoms with Gasteiger partial charge in [-0.25, -0.2) is 4.98 Å². The maximum absolute atomic E-state index is 10.6. The Morgan fingerprint density at radius 2 is 2.31 bits per heavy atom. The van der Waals surface area contributed by atoms with E-state index in [4.69, 9.17) is 15.3 Å². The van der Waals surface area contributed by atoms with Crippen LogP contribution in [0.25, 0.3) is 11.1 Å². The molecule has 6 heteroatoms. The van der Waals surface area contributed by atoms with Gasteiger partial charge in [-0.15, -0.1) is 12.4 Å². The second kappa shape index (κ2) is 4.96. The highest BCUT2D eigenvalue weighted by Gasteiger charge is 2.12. The Morgan fingerprint density at radius 1 is 1.56 bits per heavy atom. The zero-order valence-corrected chi connectivity index (χ0v) is 9.11. The predicted molar refractivity (Wildman–Crippen MR) is 60.6 cm³/mol. The summed E-state index contributed by atoms with van der Waals surface area (Å²) in [5, 5.41) is 8.66. The molecule has 1 heterocycles. The summed E-state index contributed by atoms with van der Waals surface area (Å²) in [5.41, 5.74) is 7.66. The summed E-state index contributed by atoms with van der Waals surface area (Å²) < 4.78 is 5.07. The van der Waals surface area contributed by atoms with Crippen molar-refractivity contribution in [2.75, 3.05) is 0 Å². The second-order valence-corrected chi connectivity index (χ2v) is 3.30. The van der Waals surface area contributed by atoms with Crippen LogP contribution in [0.3, 0.4) is 0 Å². The Balaban J connectivity index is 0.00000128. The van der Waals surface area contributed by atoms with Crippen molar-refractivity contribution >= 4 is 29.5 Å². The van der Waals surface area contributed by atoms with Crippen molar-refractivity contribution in [1.82, 2.24) is 4.98 Å². The van der Waals surface area contributed by atoms with Crippen molar-refractivity contribution in [3.05, 3.63) is 30.2 Å². The highest BCUT2D eigenvalue weighted by atomic mass is 35.5. The van der Waals surface area contributed by atoms with E-state index >= 15 is 0 Å². The fourth-order valence-electron chi connectivity index (χ4n) is 1.37. The number of carbonyl (C=O) groups is 1. The van der Waals surface area contributed by atoms with E-state index in [1.807, 2.05) is 0 Å². The molecule has 86 valence electrons. The number of benzene rings is 1. The molecule has 1 aromatic heterocycles. The summed E-state index contributed by atoms with van der Waals surface area (Å²) in [6.45, 7) is 0. The Morgan fingerprint density at radius 3 is 3.00 bits per heavy atom. The van der Waals surface area contributed by atoms with Gasteiger partial charge < -0.3 is 15.3 Å². The summed E-state index contributed by atoms with van der Waals surface area (Å²) in [4.78, 5) is 14.5. The normalized spacial score (nSPS) is 12.1. The lowest BCUT2D eigenvalue weighted by Gasteiger charge is -2.05. The van der Waals surface area contributed by atoms with Gasteiger partial charge in [0.25, 0.3) is 0 Å². The first-order valence-electron chi connectivity index (χ1n) is 4.47. The minimum atomic E-state index is -1.00. The molecule has 1 atom stereocenters. The van der Waals surface area contributed by atoms with Crippen LogP contribution in [0.5, 0.6) is 0 Å². The minimum absolute atomic E-state index is 0. The molecule has 0 spiro atoms. The molecule has 0 amide bonds. The van der Waals surface area contributed by atoms with Gasteiger partial charge >= 0.3 is 5.97 Å². The first-order chi connectivity index (χ1) is 7.16. The molecule has 2 rings (SSSR count). The van der Waals surface area contributed by atoms with E-state index < -0.39 is 12.0 Å². The van der Waals surface area contributed by atoms with Gasteiger partial charge in [-0.3, -0.25) is 4.79 Å². The van der Waals surface area contributed by atoms with Crippen LogP contribution in [0.1, 0.15) is 5.56 Å². The molecule has 0 bridgehead atoms. The van der Waals surface area contributed by atoms with E-state index in [1.54, 1.807) is 18.2 Å². The highest BCUT2D eigenvalue weighted by molar-refractivity contribution is 5.85. The van der Waals surface area contributed by atoms with Crippen molar-refractivity contribution in [1.29, 1.82) is 0 Å². The first kappa shape index (κ1) is 12.5. The number of aromatic nitrogens is 1. The fraction of sp³-hybridized carbons (Fsp3) is 0.200. The lowest BCUT2D eigenvalue weighted by atomic mass is 10.1. The quantitative estimate of drug-likeness (QED) is 0.844. The van der Waals surface area contributed by atoms with Crippen LogP contribution in [-0.4, -0.2) is 22.1 Å². The number of carboxylic acid groups (broad SMARTS) is 1. The molecule has 16 heavy (non-hydrogen) atoms. The van der Waals surface area contributed by atoms with Crippen molar-refractivity contribution < 1.29 is 14.3 Å². The third kappa shape index (κ3) is 2.50. The third-order valence-electron chi connectivity index (χ3n) is 2.17. The molecule has 0 aliphatic carbocycles. The molecule has 0 radical (unpaired) electrons. The average Bonchev–Trinajstić information content (AvgIpc) is 2.64. The van der Waals surface area contributed by atoms with Crippen LogP contribution >= 0.6 is 12.4 Å². The number of nitrogens with zero attached hydrogens (tertiary/aromatic N) is 1. The van der Waals surface area contributed by atoms with E-state index in [0.29, 0.717) is 11.1 Å². The lowest BCUT2D eigenvalue weighted by Crippen LogP contribution is -2.32. The second-order valence-electron chi connectivity index (χ2n) is 3.30. The summed E-state index contributed by atoms with van der Waals surface area (Å²) in [6.07, 6.45) is 1.64. The SMILES string of the molecule is Cl.N[C@H](Cc1ccc2ocnc2c1)C(=O)O. The van der Waals surface area contributed by atoms with E-state index in [9.17, 15) is 4.79 Å². The number of rotatable bonds is 3. The highest BCUT2D eigenvalue weighted by Crippen LogP contribution is 2.14. The third-order valence-corrected chi connectivity index (χ3v) is 2.17. The van der Waals surface area contributed by atoms with Gasteiger partial charge in [-0.2, -0.15) is 0 Å².